The molecule has 2 fully saturated rings. The van der Waals surface area contributed by atoms with Crippen LogP contribution in [0.3, 0.4) is 0 Å². The van der Waals surface area contributed by atoms with E-state index in [-0.39, 0.29) is 0 Å². The second kappa shape index (κ2) is 11.9. The average molecular weight is 420 g/mol. The molecule has 9 nitrogen and oxygen atoms in total. The molecule has 2 saturated heterocycles. The fraction of sp³-hybridized carbons (Fsp3) is 0.857. The van der Waals surface area contributed by atoms with E-state index in [4.69, 9.17) is 0 Å². The Hall–Kier alpha value is -2.19. The third-order valence-electron chi connectivity index (χ3n) is 5.72. The maximum Gasteiger partial charge on any atom is 0.196 e. The van der Waals surface area contributed by atoms with Gasteiger partial charge in [0.1, 0.15) is 0 Å². The summed E-state index contributed by atoms with van der Waals surface area (Å²) in [6.07, 6.45) is 6.18. The normalized spacial score (nSPS) is 22.8. The van der Waals surface area contributed by atoms with Gasteiger partial charge in [0.15, 0.2) is 17.9 Å². The Morgan fingerprint density at radius 2 is 1.37 bits per heavy atom. The summed E-state index contributed by atoms with van der Waals surface area (Å²) in [6, 6.07) is 0. The summed E-state index contributed by atoms with van der Waals surface area (Å²) in [6.45, 7) is 11.2. The van der Waals surface area contributed by atoms with Crippen LogP contribution >= 0.6 is 0 Å². The summed E-state index contributed by atoms with van der Waals surface area (Å²) >= 11 is 0. The lowest BCUT2D eigenvalue weighted by Gasteiger charge is -2.39. The van der Waals surface area contributed by atoms with Crippen LogP contribution in [-0.4, -0.2) is 124 Å². The van der Waals surface area contributed by atoms with Crippen molar-refractivity contribution in [2.75, 3.05) is 86.6 Å². The largest absolute Gasteiger partial charge is 0.356 e. The van der Waals surface area contributed by atoms with E-state index < -0.39 is 0 Å². The zero-order valence-corrected chi connectivity index (χ0v) is 19.2. The molecular weight excluding hydrogens is 378 g/mol. The third-order valence-corrected chi connectivity index (χ3v) is 5.72. The monoisotopic (exact) mass is 419 g/mol. The van der Waals surface area contributed by atoms with E-state index in [1.54, 1.807) is 0 Å². The van der Waals surface area contributed by atoms with Crippen molar-refractivity contribution in [1.29, 1.82) is 0 Å². The highest BCUT2D eigenvalue weighted by atomic mass is 15.4. The van der Waals surface area contributed by atoms with E-state index in [0.717, 1.165) is 51.1 Å². The van der Waals surface area contributed by atoms with Gasteiger partial charge in [0, 0.05) is 86.6 Å². The van der Waals surface area contributed by atoms with Gasteiger partial charge >= 0.3 is 0 Å². The molecule has 0 spiro atoms. The summed E-state index contributed by atoms with van der Waals surface area (Å²) in [5, 5.41) is 6.49. The van der Waals surface area contributed by atoms with Crippen LogP contribution in [-0.2, 0) is 0 Å². The number of fused-ring (bicyclic) bond motifs is 2. The summed E-state index contributed by atoms with van der Waals surface area (Å²) in [4.78, 5) is 22.1. The summed E-state index contributed by atoms with van der Waals surface area (Å²) in [5.41, 5.74) is 0. The Morgan fingerprint density at radius 1 is 0.700 bits per heavy atom. The number of hydrogen-bond acceptors (Lipinski definition) is 9. The molecule has 0 aromatic carbocycles. The van der Waals surface area contributed by atoms with Gasteiger partial charge in [0.25, 0.3) is 0 Å². The summed E-state index contributed by atoms with van der Waals surface area (Å²) < 4.78 is 0. The van der Waals surface area contributed by atoms with Gasteiger partial charge in [-0.15, -0.1) is 0 Å². The lowest BCUT2D eigenvalue weighted by atomic mass is 10.2. The number of guanidine groups is 3. The van der Waals surface area contributed by atoms with Crippen molar-refractivity contribution in [3.8, 4) is 0 Å². The van der Waals surface area contributed by atoms with Crippen LogP contribution in [0.25, 0.3) is 0 Å². The smallest absolute Gasteiger partial charge is 0.196 e. The first-order valence-electron chi connectivity index (χ1n) is 11.6. The molecule has 5 heterocycles. The van der Waals surface area contributed by atoms with Crippen LogP contribution in [0.5, 0.6) is 0 Å². The predicted octanol–water partition coefficient (Wildman–Crippen LogP) is 0.322. The van der Waals surface area contributed by atoms with Crippen molar-refractivity contribution >= 4 is 17.9 Å². The molecule has 30 heavy (non-hydrogen) atoms. The van der Waals surface area contributed by atoms with Crippen molar-refractivity contribution in [3.63, 3.8) is 0 Å². The molecule has 0 saturated carbocycles. The van der Waals surface area contributed by atoms with Gasteiger partial charge in [0.2, 0.25) is 0 Å². The van der Waals surface area contributed by atoms with E-state index in [2.05, 4.69) is 47.4 Å². The van der Waals surface area contributed by atoms with Crippen LogP contribution < -0.4 is 10.6 Å². The molecule has 2 N–H and O–H groups in total. The topological polar surface area (TPSA) is 74.1 Å². The molecule has 5 rings (SSSR count). The Balaban J connectivity index is 0.000000129. The van der Waals surface area contributed by atoms with Crippen LogP contribution in [0, 0.1) is 0 Å². The summed E-state index contributed by atoms with van der Waals surface area (Å²) in [5.74, 6) is 3.38. The van der Waals surface area contributed by atoms with Gasteiger partial charge in [-0.05, 0) is 32.1 Å². The number of aliphatic imine (C=N–C) groups is 3. The van der Waals surface area contributed by atoms with Crippen LogP contribution in [0.1, 0.15) is 32.1 Å². The number of rotatable bonds is 0. The first-order chi connectivity index (χ1) is 14.6. The highest BCUT2D eigenvalue weighted by molar-refractivity contribution is 5.81. The SMILES string of the molecule is C1CN=C2NCCCN2C1.CN(C)C1=NCCCN1.CN1CCCN2CCCN=C12. The molecule has 0 aliphatic carbocycles. The predicted molar refractivity (Wildman–Crippen MR) is 125 cm³/mol. The number of hydrogen-bond donors (Lipinski definition) is 2. The molecule has 9 heteroatoms. The fourth-order valence-corrected chi connectivity index (χ4v) is 4.14. The Morgan fingerprint density at radius 3 is 2.03 bits per heavy atom. The molecule has 0 unspecified atom stereocenters. The molecule has 0 atom stereocenters. The van der Waals surface area contributed by atoms with Crippen molar-refractivity contribution in [3.05, 3.63) is 0 Å². The van der Waals surface area contributed by atoms with E-state index in [0.29, 0.717) is 0 Å². The van der Waals surface area contributed by atoms with Gasteiger partial charge in [-0.1, -0.05) is 0 Å². The maximum absolute atomic E-state index is 4.50. The van der Waals surface area contributed by atoms with Gasteiger partial charge < -0.3 is 30.2 Å². The zero-order valence-electron chi connectivity index (χ0n) is 19.2. The number of nitrogens with one attached hydrogen (secondary N) is 2. The highest BCUT2D eigenvalue weighted by Crippen LogP contribution is 2.11. The lowest BCUT2D eigenvalue weighted by molar-refractivity contribution is 0.269. The standard InChI is InChI=1S/C8H15N3.C7H13N3.C6H13N3/c1-10-5-3-7-11-6-2-4-9-8(10)11;1-3-8-7-9-4-2-6-10(7)5-1;1-9(2)6-7-4-3-5-8-6/h2-7H2,1H3;1-6H2,(H,8,9);3-5H2,1-2H3,(H,7,8). The van der Waals surface area contributed by atoms with Gasteiger partial charge in [-0.2, -0.15) is 0 Å². The van der Waals surface area contributed by atoms with E-state index in [9.17, 15) is 0 Å². The van der Waals surface area contributed by atoms with E-state index in [1.165, 1.54) is 64.4 Å². The van der Waals surface area contributed by atoms with Gasteiger partial charge in [0.05, 0.1) is 0 Å². The van der Waals surface area contributed by atoms with E-state index in [1.807, 2.05) is 19.0 Å². The molecular formula is C21H41N9. The molecule has 0 radical (unpaired) electrons. The lowest BCUT2D eigenvalue weighted by Crippen LogP contribution is -2.50. The minimum atomic E-state index is 0.973. The van der Waals surface area contributed by atoms with Crippen LogP contribution in [0.2, 0.25) is 0 Å². The van der Waals surface area contributed by atoms with Crippen molar-refractivity contribution in [2.24, 2.45) is 15.0 Å². The van der Waals surface area contributed by atoms with Gasteiger partial charge in [-0.25, -0.2) is 0 Å². The fourth-order valence-electron chi connectivity index (χ4n) is 4.14. The Bertz CT molecular complexity index is 614. The second-order valence-electron chi connectivity index (χ2n) is 8.50. The molecule has 5 aliphatic rings. The molecule has 170 valence electrons. The minimum Gasteiger partial charge on any atom is -0.356 e. The number of nitrogens with zero attached hydrogens (tertiary/aromatic N) is 7. The second-order valence-corrected chi connectivity index (χ2v) is 8.50. The Labute approximate surface area is 182 Å². The highest BCUT2D eigenvalue weighted by Gasteiger charge is 2.22. The molecule has 0 aromatic rings. The summed E-state index contributed by atoms with van der Waals surface area (Å²) in [7, 11) is 6.13. The van der Waals surface area contributed by atoms with Crippen molar-refractivity contribution in [2.45, 2.75) is 32.1 Å². The van der Waals surface area contributed by atoms with Gasteiger partial charge in [-0.3, -0.25) is 15.0 Å². The third kappa shape index (κ3) is 6.67. The average Bonchev–Trinajstić information content (AvgIpc) is 2.81. The Kier molecular flexibility index (Phi) is 8.89. The van der Waals surface area contributed by atoms with Crippen LogP contribution in [0.4, 0.5) is 0 Å². The van der Waals surface area contributed by atoms with Crippen molar-refractivity contribution in [1.82, 2.24) is 30.2 Å². The van der Waals surface area contributed by atoms with E-state index >= 15 is 0 Å². The van der Waals surface area contributed by atoms with Crippen molar-refractivity contribution < 1.29 is 0 Å². The van der Waals surface area contributed by atoms with Crippen LogP contribution in [0.15, 0.2) is 15.0 Å². The maximum atomic E-state index is 4.50. The molecule has 0 amide bonds. The molecule has 0 bridgehead atoms. The first-order valence-corrected chi connectivity index (χ1v) is 11.6. The zero-order chi connectivity index (χ0) is 21.2. The molecule has 5 aliphatic heterocycles. The minimum absolute atomic E-state index is 0.973. The molecule has 0 aromatic heterocycles. The quantitative estimate of drug-likeness (QED) is 0.589. The first kappa shape index (κ1) is 22.5.